The molecule has 0 saturated carbocycles. The zero-order valence-electron chi connectivity index (χ0n) is 20.8. The molecule has 0 bridgehead atoms. The monoisotopic (exact) mass is 504 g/mol. The van der Waals surface area contributed by atoms with E-state index in [0.717, 1.165) is 16.7 Å². The maximum atomic E-state index is 12.9. The molecule has 37 heavy (non-hydrogen) atoms. The van der Waals surface area contributed by atoms with Gasteiger partial charge in [-0.1, -0.05) is 73.3 Å². The summed E-state index contributed by atoms with van der Waals surface area (Å²) >= 11 is 0. The summed E-state index contributed by atoms with van der Waals surface area (Å²) in [6.45, 7) is 5.23. The zero-order chi connectivity index (χ0) is 27.2. The van der Waals surface area contributed by atoms with Gasteiger partial charge in [0.05, 0.1) is 6.42 Å². The predicted molar refractivity (Wildman–Crippen MR) is 141 cm³/mol. The van der Waals surface area contributed by atoms with Crippen LogP contribution in [0.5, 0.6) is 0 Å². The van der Waals surface area contributed by atoms with Gasteiger partial charge in [-0.15, -0.1) is 0 Å². The average Bonchev–Trinajstić information content (AvgIpc) is 2.89. The fourth-order valence-electron chi connectivity index (χ4n) is 3.53. The lowest BCUT2D eigenvalue weighted by Crippen LogP contribution is -2.46. The molecule has 0 fully saturated rings. The Kier molecular flexibility index (Phi) is 11.5. The van der Waals surface area contributed by atoms with Crippen LogP contribution in [0.2, 0.25) is 0 Å². The number of aryl methyl sites for hydroxylation is 1. The number of carboxylic acid groups (broad SMARTS) is 2. The van der Waals surface area contributed by atoms with E-state index in [1.54, 1.807) is 13.0 Å². The largest absolute Gasteiger partial charge is 0.481 e. The Balaban J connectivity index is 2.01. The summed E-state index contributed by atoms with van der Waals surface area (Å²) in [4.78, 5) is 47.6. The van der Waals surface area contributed by atoms with Gasteiger partial charge < -0.3 is 20.8 Å². The van der Waals surface area contributed by atoms with Crippen LogP contribution in [-0.2, 0) is 25.6 Å². The van der Waals surface area contributed by atoms with Gasteiger partial charge >= 0.3 is 11.9 Å². The average molecular weight is 505 g/mol. The Morgan fingerprint density at radius 2 is 1.57 bits per heavy atom. The van der Waals surface area contributed by atoms with Crippen LogP contribution in [0.25, 0.3) is 11.1 Å². The summed E-state index contributed by atoms with van der Waals surface area (Å²) < 4.78 is 0. The first kappa shape index (κ1) is 28.8. The van der Waals surface area contributed by atoms with Gasteiger partial charge in [0.25, 0.3) is 0 Å². The Hall–Kier alpha value is -4.46. The molecule has 8 heteroatoms. The number of benzene rings is 2. The SMILES string of the molecule is C=C/C(=C\C(=C/C)NC(=O)C(CCC(=O)O)NC(=O)CCc1ccc(-c2ccccc2)cc1)CC(=O)O. The molecule has 0 aromatic heterocycles. The molecule has 8 nitrogen and oxygen atoms in total. The van der Waals surface area contributed by atoms with Gasteiger partial charge in [-0.3, -0.25) is 19.2 Å². The van der Waals surface area contributed by atoms with Gasteiger partial charge in [-0.25, -0.2) is 0 Å². The number of allylic oxidation sites excluding steroid dienone is 3. The van der Waals surface area contributed by atoms with Crippen LogP contribution in [0.4, 0.5) is 0 Å². The lowest BCUT2D eigenvalue weighted by atomic mass is 10.0. The van der Waals surface area contributed by atoms with Crippen LogP contribution in [0, 0.1) is 0 Å². The van der Waals surface area contributed by atoms with E-state index in [1.807, 2.05) is 54.6 Å². The molecule has 2 aromatic rings. The Morgan fingerprint density at radius 1 is 0.919 bits per heavy atom. The summed E-state index contributed by atoms with van der Waals surface area (Å²) in [6, 6.07) is 16.7. The van der Waals surface area contributed by atoms with E-state index >= 15 is 0 Å². The van der Waals surface area contributed by atoms with Gasteiger partial charge in [0, 0.05) is 18.5 Å². The third-order valence-corrected chi connectivity index (χ3v) is 5.54. The van der Waals surface area contributed by atoms with E-state index in [2.05, 4.69) is 17.2 Å². The van der Waals surface area contributed by atoms with Crippen LogP contribution in [0.3, 0.4) is 0 Å². The highest BCUT2D eigenvalue weighted by Crippen LogP contribution is 2.19. The number of hydrogen-bond acceptors (Lipinski definition) is 4. The van der Waals surface area contributed by atoms with Crippen molar-refractivity contribution in [1.29, 1.82) is 0 Å². The van der Waals surface area contributed by atoms with E-state index in [4.69, 9.17) is 10.2 Å². The number of rotatable bonds is 14. The minimum Gasteiger partial charge on any atom is -0.481 e. The van der Waals surface area contributed by atoms with Crippen molar-refractivity contribution >= 4 is 23.8 Å². The van der Waals surface area contributed by atoms with Gasteiger partial charge in [-0.05, 0) is 48.1 Å². The number of carbonyl (C=O) groups excluding carboxylic acids is 2. The third-order valence-electron chi connectivity index (χ3n) is 5.54. The van der Waals surface area contributed by atoms with Crippen LogP contribution in [0.15, 0.2) is 90.7 Å². The Morgan fingerprint density at radius 3 is 2.14 bits per heavy atom. The zero-order valence-corrected chi connectivity index (χ0v) is 20.8. The molecule has 2 rings (SSSR count). The molecule has 0 aliphatic carbocycles. The van der Waals surface area contributed by atoms with Crippen LogP contribution < -0.4 is 10.6 Å². The lowest BCUT2D eigenvalue weighted by molar-refractivity contribution is -0.138. The molecule has 1 unspecified atom stereocenters. The maximum Gasteiger partial charge on any atom is 0.307 e. The Labute approximate surface area is 216 Å². The highest BCUT2D eigenvalue weighted by atomic mass is 16.4. The van der Waals surface area contributed by atoms with Gasteiger partial charge in [0.2, 0.25) is 11.8 Å². The maximum absolute atomic E-state index is 12.9. The number of carbonyl (C=O) groups is 4. The topological polar surface area (TPSA) is 133 Å². The first-order chi connectivity index (χ1) is 17.7. The van der Waals surface area contributed by atoms with Crippen LogP contribution >= 0.6 is 0 Å². The molecule has 0 radical (unpaired) electrons. The molecule has 0 heterocycles. The third kappa shape index (κ3) is 10.4. The number of hydrogen-bond donors (Lipinski definition) is 4. The molecule has 0 spiro atoms. The second kappa shape index (κ2) is 14.8. The quantitative estimate of drug-likeness (QED) is 0.285. The summed E-state index contributed by atoms with van der Waals surface area (Å²) in [6.07, 6.45) is 4.31. The van der Waals surface area contributed by atoms with Gasteiger partial charge in [0.15, 0.2) is 0 Å². The molecule has 194 valence electrons. The number of carboxylic acids is 2. The normalized spacial score (nSPS) is 12.4. The molecule has 0 aliphatic rings. The van der Waals surface area contributed by atoms with Crippen molar-refractivity contribution < 1.29 is 29.4 Å². The first-order valence-electron chi connectivity index (χ1n) is 11.9. The van der Waals surface area contributed by atoms with Crippen LogP contribution in [0.1, 0.15) is 38.2 Å². The predicted octanol–water partition coefficient (Wildman–Crippen LogP) is 4.24. The van der Waals surface area contributed by atoms with Crippen LogP contribution in [-0.4, -0.2) is 40.0 Å². The second-order valence-electron chi connectivity index (χ2n) is 8.34. The van der Waals surface area contributed by atoms with E-state index in [9.17, 15) is 19.2 Å². The van der Waals surface area contributed by atoms with Crippen molar-refractivity contribution in [3.63, 3.8) is 0 Å². The summed E-state index contributed by atoms with van der Waals surface area (Å²) in [5.41, 5.74) is 3.81. The van der Waals surface area contributed by atoms with Crippen molar-refractivity contribution in [2.75, 3.05) is 0 Å². The number of nitrogens with one attached hydrogen (secondary N) is 2. The van der Waals surface area contributed by atoms with Crippen molar-refractivity contribution in [2.45, 2.75) is 45.1 Å². The van der Waals surface area contributed by atoms with E-state index in [1.165, 1.54) is 12.2 Å². The molecular weight excluding hydrogens is 472 g/mol. The Bertz CT molecular complexity index is 1170. The van der Waals surface area contributed by atoms with Crippen molar-refractivity contribution in [1.82, 2.24) is 10.6 Å². The van der Waals surface area contributed by atoms with E-state index in [-0.39, 0.29) is 31.6 Å². The fourth-order valence-corrected chi connectivity index (χ4v) is 3.53. The molecular formula is C29H32N2O6. The van der Waals surface area contributed by atoms with Gasteiger partial charge in [-0.2, -0.15) is 0 Å². The van der Waals surface area contributed by atoms with Crippen molar-refractivity contribution in [3.05, 3.63) is 96.2 Å². The van der Waals surface area contributed by atoms with Crippen molar-refractivity contribution in [3.8, 4) is 11.1 Å². The fraction of sp³-hybridized carbons (Fsp3) is 0.241. The minimum absolute atomic E-state index is 0.0944. The van der Waals surface area contributed by atoms with E-state index in [0.29, 0.717) is 17.7 Å². The molecule has 4 N–H and O–H groups in total. The number of amides is 2. The summed E-state index contributed by atoms with van der Waals surface area (Å²) in [7, 11) is 0. The second-order valence-corrected chi connectivity index (χ2v) is 8.34. The van der Waals surface area contributed by atoms with Gasteiger partial charge in [0.1, 0.15) is 6.04 Å². The molecule has 2 aromatic carbocycles. The molecule has 0 saturated heterocycles. The highest BCUT2D eigenvalue weighted by Gasteiger charge is 2.22. The smallest absolute Gasteiger partial charge is 0.307 e. The first-order valence-corrected chi connectivity index (χ1v) is 11.9. The molecule has 2 amide bonds. The lowest BCUT2D eigenvalue weighted by Gasteiger charge is -2.18. The standard InChI is InChI=1S/C29H32N2O6/c1-3-20(19-28(35)36)18-24(4-2)30-29(37)25(15-17-27(33)34)31-26(32)16-12-21-10-13-23(14-11-21)22-8-6-5-7-9-22/h3-11,13-14,18,25H,1,12,15-17,19H2,2H3,(H,30,37)(H,31,32)(H,33,34)(H,35,36)/b20-18+,24-4+. The summed E-state index contributed by atoms with van der Waals surface area (Å²) in [5.74, 6) is -3.11. The minimum atomic E-state index is -1.09. The number of aliphatic carboxylic acids is 2. The highest BCUT2D eigenvalue weighted by molar-refractivity contribution is 5.89. The summed E-state index contributed by atoms with van der Waals surface area (Å²) in [5, 5.41) is 23.3. The molecule has 0 aliphatic heterocycles. The van der Waals surface area contributed by atoms with Crippen molar-refractivity contribution in [2.24, 2.45) is 0 Å². The van der Waals surface area contributed by atoms with E-state index < -0.39 is 23.9 Å². The molecule has 1 atom stereocenters.